The molecule has 3 rings (SSSR count). The molecular formula is C17H12O2S. The van der Waals surface area contributed by atoms with E-state index in [-0.39, 0.29) is 0 Å². The molecule has 98 valence electrons. The Bertz CT molecular complexity index is 769. The molecule has 0 saturated carbocycles. The molecule has 0 bridgehead atoms. The molecule has 0 unspecified atom stereocenters. The Morgan fingerprint density at radius 3 is 2.60 bits per heavy atom. The molecule has 0 aliphatic heterocycles. The number of hydrogen-bond donors (Lipinski definition) is 0. The fraction of sp³-hybridized carbons (Fsp3) is 0. The first kappa shape index (κ1) is 12.6. The summed E-state index contributed by atoms with van der Waals surface area (Å²) in [6, 6.07) is 15.8. The number of carbonyl (C=O) groups is 1. The lowest BCUT2D eigenvalue weighted by Gasteiger charge is -2.03. The van der Waals surface area contributed by atoms with Gasteiger partial charge in [0.15, 0.2) is 0 Å². The molecule has 3 heteroatoms. The van der Waals surface area contributed by atoms with Gasteiger partial charge in [0.05, 0.1) is 0 Å². The zero-order valence-corrected chi connectivity index (χ0v) is 11.5. The minimum atomic E-state index is -0.446. The molecule has 0 spiro atoms. The van der Waals surface area contributed by atoms with Crippen molar-refractivity contribution >= 4 is 27.4 Å². The van der Waals surface area contributed by atoms with Crippen molar-refractivity contribution in [3.63, 3.8) is 0 Å². The zero-order valence-electron chi connectivity index (χ0n) is 10.7. The molecule has 0 radical (unpaired) electrons. The van der Waals surface area contributed by atoms with Gasteiger partial charge in [-0.25, -0.2) is 4.79 Å². The Morgan fingerprint density at radius 2 is 1.85 bits per heavy atom. The third-order valence-corrected chi connectivity index (χ3v) is 3.99. The molecule has 0 N–H and O–H groups in total. The summed E-state index contributed by atoms with van der Waals surface area (Å²) < 4.78 is 6.34. The summed E-state index contributed by atoms with van der Waals surface area (Å²) in [5, 5.41) is 3.39. The van der Waals surface area contributed by atoms with Crippen molar-refractivity contribution in [2.45, 2.75) is 0 Å². The summed E-state index contributed by atoms with van der Waals surface area (Å²) in [6.45, 7) is 3.38. The summed E-state index contributed by atoms with van der Waals surface area (Å²) in [6.07, 6.45) is 1.15. The molecule has 0 saturated heterocycles. The first-order valence-electron chi connectivity index (χ1n) is 6.19. The van der Waals surface area contributed by atoms with Crippen LogP contribution in [0.15, 0.2) is 66.6 Å². The Morgan fingerprint density at radius 1 is 1.10 bits per heavy atom. The lowest BCUT2D eigenvalue weighted by Crippen LogP contribution is -2.02. The van der Waals surface area contributed by atoms with Crippen LogP contribution < -0.4 is 4.74 Å². The quantitative estimate of drug-likeness (QED) is 0.396. The maximum atomic E-state index is 11.1. The molecule has 0 atom stereocenters. The Balaban J connectivity index is 1.95. The Kier molecular flexibility index (Phi) is 3.35. The molecule has 0 aliphatic carbocycles. The van der Waals surface area contributed by atoms with Crippen LogP contribution >= 0.6 is 11.3 Å². The first-order chi connectivity index (χ1) is 9.78. The van der Waals surface area contributed by atoms with Crippen molar-refractivity contribution < 1.29 is 9.53 Å². The minimum absolute atomic E-state index is 0.446. The van der Waals surface area contributed by atoms with Crippen LogP contribution in [0.1, 0.15) is 0 Å². The Labute approximate surface area is 120 Å². The molecule has 2 nitrogen and oxygen atoms in total. The van der Waals surface area contributed by atoms with Crippen LogP contribution in [-0.4, -0.2) is 5.97 Å². The van der Waals surface area contributed by atoms with E-state index in [1.165, 1.54) is 15.6 Å². The van der Waals surface area contributed by atoms with Gasteiger partial charge >= 0.3 is 5.97 Å². The fourth-order valence-electron chi connectivity index (χ4n) is 2.06. The van der Waals surface area contributed by atoms with Crippen molar-refractivity contribution in [1.29, 1.82) is 0 Å². The predicted octanol–water partition coefficient (Wildman–Crippen LogP) is 4.66. The van der Waals surface area contributed by atoms with Crippen LogP contribution in [-0.2, 0) is 4.79 Å². The van der Waals surface area contributed by atoms with Gasteiger partial charge in [0.25, 0.3) is 0 Å². The number of rotatable bonds is 3. The maximum absolute atomic E-state index is 11.1. The summed E-state index contributed by atoms with van der Waals surface area (Å²) in [7, 11) is 0. The number of esters is 1. The second-order valence-corrected chi connectivity index (χ2v) is 5.21. The molecule has 2 aromatic carbocycles. The predicted molar refractivity (Wildman–Crippen MR) is 83.1 cm³/mol. The number of thiophene rings is 1. The first-order valence-corrected chi connectivity index (χ1v) is 7.07. The molecular weight excluding hydrogens is 268 g/mol. The van der Waals surface area contributed by atoms with Crippen LogP contribution in [0.25, 0.3) is 21.2 Å². The summed E-state index contributed by atoms with van der Waals surface area (Å²) >= 11 is 1.73. The van der Waals surface area contributed by atoms with E-state index in [1.54, 1.807) is 23.5 Å². The van der Waals surface area contributed by atoms with Gasteiger partial charge in [-0.1, -0.05) is 36.9 Å². The van der Waals surface area contributed by atoms with Crippen LogP contribution in [0.4, 0.5) is 0 Å². The SMILES string of the molecule is C=CC(=O)Oc1ccc(-c2csc3ccccc23)cc1. The topological polar surface area (TPSA) is 26.3 Å². The van der Waals surface area contributed by atoms with Gasteiger partial charge in [-0.15, -0.1) is 11.3 Å². The summed E-state index contributed by atoms with van der Waals surface area (Å²) in [4.78, 5) is 11.1. The second kappa shape index (κ2) is 5.31. The van der Waals surface area contributed by atoms with Gasteiger partial charge in [0.1, 0.15) is 5.75 Å². The van der Waals surface area contributed by atoms with Gasteiger partial charge in [0.2, 0.25) is 0 Å². The average Bonchev–Trinajstić information content (AvgIpc) is 2.92. The molecule has 1 aromatic heterocycles. The van der Waals surface area contributed by atoms with E-state index < -0.39 is 5.97 Å². The molecule has 3 aromatic rings. The van der Waals surface area contributed by atoms with Gasteiger partial charge in [-0.3, -0.25) is 0 Å². The van der Waals surface area contributed by atoms with Gasteiger partial charge < -0.3 is 4.74 Å². The van der Waals surface area contributed by atoms with Crippen molar-refractivity contribution in [1.82, 2.24) is 0 Å². The number of carbonyl (C=O) groups excluding carboxylic acids is 1. The second-order valence-electron chi connectivity index (χ2n) is 4.30. The third-order valence-electron chi connectivity index (χ3n) is 3.03. The summed E-state index contributed by atoms with van der Waals surface area (Å²) in [5.74, 6) is 0.0805. The van der Waals surface area contributed by atoms with Crippen LogP contribution in [0.2, 0.25) is 0 Å². The lowest BCUT2D eigenvalue weighted by atomic mass is 10.0. The van der Waals surface area contributed by atoms with Gasteiger partial charge in [-0.05, 0) is 29.1 Å². The highest BCUT2D eigenvalue weighted by Crippen LogP contribution is 2.34. The van der Waals surface area contributed by atoms with E-state index in [9.17, 15) is 4.79 Å². The van der Waals surface area contributed by atoms with E-state index in [4.69, 9.17) is 4.74 Å². The number of fused-ring (bicyclic) bond motifs is 1. The lowest BCUT2D eigenvalue weighted by molar-refractivity contribution is -0.128. The summed E-state index contributed by atoms with van der Waals surface area (Å²) in [5.41, 5.74) is 2.31. The van der Waals surface area contributed by atoms with Crippen molar-refractivity contribution in [2.24, 2.45) is 0 Å². The number of ether oxygens (including phenoxy) is 1. The van der Waals surface area contributed by atoms with E-state index in [0.717, 1.165) is 11.6 Å². The fourth-order valence-corrected chi connectivity index (χ4v) is 3.03. The van der Waals surface area contributed by atoms with E-state index in [0.29, 0.717) is 5.75 Å². The number of hydrogen-bond acceptors (Lipinski definition) is 3. The molecule has 1 heterocycles. The highest BCUT2D eigenvalue weighted by atomic mass is 32.1. The van der Waals surface area contributed by atoms with Gasteiger partial charge in [-0.2, -0.15) is 0 Å². The number of benzene rings is 2. The van der Waals surface area contributed by atoms with Crippen molar-refractivity contribution in [3.8, 4) is 16.9 Å². The van der Waals surface area contributed by atoms with Crippen molar-refractivity contribution in [2.75, 3.05) is 0 Å². The molecule has 20 heavy (non-hydrogen) atoms. The highest BCUT2D eigenvalue weighted by Gasteiger charge is 2.06. The molecule has 0 amide bonds. The molecule has 0 fully saturated rings. The zero-order chi connectivity index (χ0) is 13.9. The third kappa shape index (κ3) is 2.36. The maximum Gasteiger partial charge on any atom is 0.335 e. The Hall–Kier alpha value is -2.39. The van der Waals surface area contributed by atoms with Crippen LogP contribution in [0.3, 0.4) is 0 Å². The normalized spacial score (nSPS) is 10.4. The van der Waals surface area contributed by atoms with Crippen molar-refractivity contribution in [3.05, 3.63) is 66.6 Å². The van der Waals surface area contributed by atoms with E-state index in [1.807, 2.05) is 24.3 Å². The largest absolute Gasteiger partial charge is 0.423 e. The van der Waals surface area contributed by atoms with Crippen LogP contribution in [0.5, 0.6) is 5.75 Å². The van der Waals surface area contributed by atoms with E-state index >= 15 is 0 Å². The average molecular weight is 280 g/mol. The molecule has 0 aliphatic rings. The van der Waals surface area contributed by atoms with Crippen LogP contribution in [0, 0.1) is 0 Å². The smallest absolute Gasteiger partial charge is 0.335 e. The van der Waals surface area contributed by atoms with E-state index in [2.05, 4.69) is 24.1 Å². The standard InChI is InChI=1S/C17H12O2S/c1-2-17(18)19-13-9-7-12(8-10-13)15-11-20-16-6-4-3-5-14(15)16/h2-11H,1H2. The minimum Gasteiger partial charge on any atom is -0.423 e. The highest BCUT2D eigenvalue weighted by molar-refractivity contribution is 7.17. The van der Waals surface area contributed by atoms with Gasteiger partial charge in [0, 0.05) is 21.7 Å². The monoisotopic (exact) mass is 280 g/mol.